The van der Waals surface area contributed by atoms with Gasteiger partial charge in [0.15, 0.2) is 0 Å². The second-order valence-electron chi connectivity index (χ2n) is 6.14. The van der Waals surface area contributed by atoms with Crippen LogP contribution in [-0.2, 0) is 14.8 Å². The van der Waals surface area contributed by atoms with Crippen LogP contribution in [0, 0.1) is 13.8 Å². The van der Waals surface area contributed by atoms with Gasteiger partial charge in [-0.25, -0.2) is 13.4 Å². The van der Waals surface area contributed by atoms with Gasteiger partial charge in [-0.1, -0.05) is 32.0 Å². The number of carbonyl (C=O) groups is 1. The fourth-order valence-corrected chi connectivity index (χ4v) is 4.12. The second-order valence-corrected chi connectivity index (χ2v) is 8.07. The summed E-state index contributed by atoms with van der Waals surface area (Å²) in [6.07, 6.45) is 1.30. The lowest BCUT2D eigenvalue weighted by Gasteiger charge is -2.18. The third-order valence-corrected chi connectivity index (χ3v) is 6.29. The van der Waals surface area contributed by atoms with Crippen molar-refractivity contribution >= 4 is 27.4 Å². The Labute approximate surface area is 160 Å². The van der Waals surface area contributed by atoms with Crippen LogP contribution in [0.2, 0.25) is 0 Å². The van der Waals surface area contributed by atoms with Gasteiger partial charge < -0.3 is 10.6 Å². The van der Waals surface area contributed by atoms with Crippen LogP contribution >= 0.6 is 0 Å². The molecule has 2 rings (SSSR count). The zero-order chi connectivity index (χ0) is 20.0. The topological polar surface area (TPSA) is 91.4 Å². The van der Waals surface area contributed by atoms with E-state index in [0.29, 0.717) is 18.9 Å². The number of nitrogens with zero attached hydrogens (tertiary/aromatic N) is 2. The molecule has 0 unspecified atom stereocenters. The van der Waals surface area contributed by atoms with Crippen LogP contribution in [0.25, 0.3) is 0 Å². The molecule has 0 saturated heterocycles. The summed E-state index contributed by atoms with van der Waals surface area (Å²) in [7, 11) is -3.54. The molecule has 0 aliphatic heterocycles. The normalized spacial score (nSPS) is 11.4. The van der Waals surface area contributed by atoms with Gasteiger partial charge in [-0.15, -0.1) is 0 Å². The fourth-order valence-electron chi connectivity index (χ4n) is 2.72. The first-order valence-electron chi connectivity index (χ1n) is 8.85. The van der Waals surface area contributed by atoms with Crippen molar-refractivity contribution in [2.24, 2.45) is 0 Å². The maximum Gasteiger partial charge on any atom is 0.244 e. The van der Waals surface area contributed by atoms with Crippen LogP contribution in [0.1, 0.15) is 25.0 Å². The molecule has 0 spiro atoms. The van der Waals surface area contributed by atoms with E-state index in [-0.39, 0.29) is 17.3 Å². The number of benzene rings is 1. The molecule has 1 heterocycles. The van der Waals surface area contributed by atoms with Gasteiger partial charge in [0, 0.05) is 25.0 Å². The Balaban J connectivity index is 2.00. The number of hydrogen-bond acceptors (Lipinski definition) is 5. The SMILES string of the molecule is CCN(CC)S(=O)(=O)c1ccc(NCC(=O)Nc2c(C)cccc2C)nc1. The number of amides is 1. The van der Waals surface area contributed by atoms with Crippen LogP contribution in [0.3, 0.4) is 0 Å². The monoisotopic (exact) mass is 390 g/mol. The van der Waals surface area contributed by atoms with Crippen LogP contribution in [0.5, 0.6) is 0 Å². The zero-order valence-corrected chi connectivity index (χ0v) is 16.9. The Kier molecular flexibility index (Phi) is 6.92. The van der Waals surface area contributed by atoms with E-state index in [0.717, 1.165) is 16.8 Å². The molecule has 0 fully saturated rings. The van der Waals surface area contributed by atoms with Gasteiger partial charge in [-0.2, -0.15) is 4.31 Å². The maximum absolute atomic E-state index is 12.4. The second kappa shape index (κ2) is 8.96. The molecular formula is C19H26N4O3S. The van der Waals surface area contributed by atoms with Crippen molar-refractivity contribution in [3.8, 4) is 0 Å². The Morgan fingerprint density at radius 2 is 1.70 bits per heavy atom. The number of sulfonamides is 1. The standard InChI is InChI=1S/C19H26N4O3S/c1-5-23(6-2)27(25,26)16-10-11-17(20-12-16)21-13-18(24)22-19-14(3)8-7-9-15(19)4/h7-12H,5-6,13H2,1-4H3,(H,20,21)(H,22,24). The summed E-state index contributed by atoms with van der Waals surface area (Å²) in [5.41, 5.74) is 2.79. The minimum absolute atomic E-state index is 0.0307. The van der Waals surface area contributed by atoms with E-state index in [4.69, 9.17) is 0 Å². The van der Waals surface area contributed by atoms with Gasteiger partial charge in [0.2, 0.25) is 15.9 Å². The van der Waals surface area contributed by atoms with E-state index in [1.54, 1.807) is 19.9 Å². The molecular weight excluding hydrogens is 364 g/mol. The summed E-state index contributed by atoms with van der Waals surface area (Å²) >= 11 is 0. The quantitative estimate of drug-likeness (QED) is 0.723. The van der Waals surface area contributed by atoms with Gasteiger partial charge in [-0.3, -0.25) is 4.79 Å². The van der Waals surface area contributed by atoms with Gasteiger partial charge in [-0.05, 0) is 37.1 Å². The smallest absolute Gasteiger partial charge is 0.244 e. The van der Waals surface area contributed by atoms with Crippen LogP contribution in [0.15, 0.2) is 41.4 Å². The third kappa shape index (κ3) is 5.05. The molecule has 0 atom stereocenters. The average Bonchev–Trinajstić information content (AvgIpc) is 2.64. The summed E-state index contributed by atoms with van der Waals surface area (Å²) in [6.45, 7) is 8.29. The van der Waals surface area contributed by atoms with Crippen LogP contribution in [-0.4, -0.2) is 43.2 Å². The van der Waals surface area contributed by atoms with E-state index in [1.165, 1.54) is 16.6 Å². The number of anilines is 2. The Morgan fingerprint density at radius 3 is 2.22 bits per heavy atom. The highest BCUT2D eigenvalue weighted by Crippen LogP contribution is 2.19. The Morgan fingerprint density at radius 1 is 1.07 bits per heavy atom. The minimum Gasteiger partial charge on any atom is -0.361 e. The number of para-hydroxylation sites is 1. The van der Waals surface area contributed by atoms with Crippen molar-refractivity contribution in [3.05, 3.63) is 47.7 Å². The van der Waals surface area contributed by atoms with E-state index in [1.807, 2.05) is 32.0 Å². The lowest BCUT2D eigenvalue weighted by molar-refractivity contribution is -0.114. The highest BCUT2D eigenvalue weighted by Gasteiger charge is 2.21. The van der Waals surface area contributed by atoms with Crippen molar-refractivity contribution in [2.45, 2.75) is 32.6 Å². The summed E-state index contributed by atoms with van der Waals surface area (Å²) in [5.74, 6) is 0.235. The highest BCUT2D eigenvalue weighted by atomic mass is 32.2. The first-order valence-corrected chi connectivity index (χ1v) is 10.3. The molecule has 0 aliphatic rings. The van der Waals surface area contributed by atoms with Gasteiger partial charge >= 0.3 is 0 Å². The number of hydrogen-bond donors (Lipinski definition) is 2. The molecule has 0 aliphatic carbocycles. The summed E-state index contributed by atoms with van der Waals surface area (Å²) in [6, 6.07) is 8.87. The molecule has 2 N–H and O–H groups in total. The van der Waals surface area contributed by atoms with Gasteiger partial charge in [0.25, 0.3) is 0 Å². The summed E-state index contributed by atoms with van der Waals surface area (Å²) < 4.78 is 26.3. The van der Waals surface area contributed by atoms with Crippen molar-refractivity contribution < 1.29 is 13.2 Å². The Hall–Kier alpha value is -2.45. The van der Waals surface area contributed by atoms with Crippen molar-refractivity contribution in [2.75, 3.05) is 30.3 Å². The van der Waals surface area contributed by atoms with E-state index < -0.39 is 10.0 Å². The molecule has 8 heteroatoms. The molecule has 1 amide bonds. The van der Waals surface area contributed by atoms with Gasteiger partial charge in [0.1, 0.15) is 10.7 Å². The molecule has 7 nitrogen and oxygen atoms in total. The lowest BCUT2D eigenvalue weighted by atomic mass is 10.1. The number of nitrogens with one attached hydrogen (secondary N) is 2. The van der Waals surface area contributed by atoms with Crippen molar-refractivity contribution in [3.63, 3.8) is 0 Å². The molecule has 2 aromatic rings. The number of rotatable bonds is 8. The average molecular weight is 391 g/mol. The van der Waals surface area contributed by atoms with Crippen LogP contribution < -0.4 is 10.6 Å². The van der Waals surface area contributed by atoms with E-state index in [9.17, 15) is 13.2 Å². The van der Waals surface area contributed by atoms with E-state index in [2.05, 4.69) is 15.6 Å². The molecule has 0 bridgehead atoms. The molecule has 1 aromatic heterocycles. The number of carbonyl (C=O) groups excluding carboxylic acids is 1. The molecule has 1 aromatic carbocycles. The molecule has 0 saturated carbocycles. The first kappa shape index (κ1) is 20.9. The predicted molar refractivity (Wildman–Crippen MR) is 107 cm³/mol. The number of pyridine rings is 1. The predicted octanol–water partition coefficient (Wildman–Crippen LogP) is 2.78. The van der Waals surface area contributed by atoms with Crippen molar-refractivity contribution in [1.29, 1.82) is 0 Å². The molecule has 0 radical (unpaired) electrons. The molecule has 27 heavy (non-hydrogen) atoms. The maximum atomic E-state index is 12.4. The fraction of sp³-hybridized carbons (Fsp3) is 0.368. The van der Waals surface area contributed by atoms with E-state index >= 15 is 0 Å². The number of aryl methyl sites for hydroxylation is 2. The molecule has 146 valence electrons. The lowest BCUT2D eigenvalue weighted by Crippen LogP contribution is -2.30. The third-order valence-electron chi connectivity index (χ3n) is 4.26. The zero-order valence-electron chi connectivity index (χ0n) is 16.1. The highest BCUT2D eigenvalue weighted by molar-refractivity contribution is 7.89. The summed E-state index contributed by atoms with van der Waals surface area (Å²) in [4.78, 5) is 16.4. The van der Waals surface area contributed by atoms with Gasteiger partial charge in [0.05, 0.1) is 6.54 Å². The first-order chi connectivity index (χ1) is 12.8. The largest absolute Gasteiger partial charge is 0.361 e. The summed E-state index contributed by atoms with van der Waals surface area (Å²) in [5, 5.41) is 5.79. The number of aromatic nitrogens is 1. The van der Waals surface area contributed by atoms with Crippen LogP contribution in [0.4, 0.5) is 11.5 Å². The van der Waals surface area contributed by atoms with Crippen molar-refractivity contribution in [1.82, 2.24) is 9.29 Å². The minimum atomic E-state index is -3.54. The Bertz CT molecular complexity index is 871.